The number of nitrogens with zero attached hydrogens (tertiary/aromatic N) is 1. The quantitative estimate of drug-likeness (QED) is 0.00868. The summed E-state index contributed by atoms with van der Waals surface area (Å²) in [6.07, 6.45) is 11.1. The van der Waals surface area contributed by atoms with Crippen molar-refractivity contribution in [1.82, 2.24) is 64.0 Å². The number of nitrogens with one attached hydrogen (secondary N) is 12. The fourth-order valence-corrected chi connectivity index (χ4v) is 7.96. The molecule has 12 amide bonds. The molecule has 5 rings (SSSR count). The molecule has 0 radical (unpaired) electrons. The minimum atomic E-state index is -1.25. The molecule has 2 aromatic rings. The van der Waals surface area contributed by atoms with Crippen LogP contribution in [0.15, 0.2) is 91.6 Å². The number of hydrazone groups is 1. The van der Waals surface area contributed by atoms with Crippen molar-refractivity contribution in [2.75, 3.05) is 59.2 Å². The number of ether oxygens (including phenoxy) is 5. The highest BCUT2D eigenvalue weighted by molar-refractivity contribution is 6.41. The van der Waals surface area contributed by atoms with Gasteiger partial charge in [-0.25, -0.2) is 35.2 Å². The van der Waals surface area contributed by atoms with Crippen LogP contribution in [-0.2, 0) is 55.8 Å². The number of hydrazine groups is 1. The third kappa shape index (κ3) is 38.4. The van der Waals surface area contributed by atoms with Gasteiger partial charge in [-0.2, -0.15) is 5.10 Å². The van der Waals surface area contributed by atoms with Gasteiger partial charge < -0.3 is 82.0 Å². The molecule has 2 aromatic carbocycles. The van der Waals surface area contributed by atoms with E-state index < -0.39 is 78.1 Å². The SMILES string of the molecule is C=CCOC(=O)N[C@@H](CCC)/C(=N\NC(=O)NCCc1ccc(OCC(=O)NCC)cc1)C(=O)NC1CC1.C=CCOC(=O)N[C@@H](CCC)C(=O)C(=O)NC1CC1.C=CCOC(=O)N[C@@H](CCC)C(O)C(=O)NC1CC1.CCNC(=O)COc1ccc(CCNC(=O)NN)cc1. The molecule has 31 heteroatoms. The van der Waals surface area contributed by atoms with Gasteiger partial charge in [0, 0.05) is 44.3 Å². The summed E-state index contributed by atoms with van der Waals surface area (Å²) in [5, 5.41) is 40.3. The van der Waals surface area contributed by atoms with E-state index in [1.807, 2.05) is 64.3 Å². The van der Waals surface area contributed by atoms with Crippen LogP contribution < -0.4 is 79.3 Å². The summed E-state index contributed by atoms with van der Waals surface area (Å²) in [5.74, 6) is 3.66. The predicted octanol–water partition coefficient (Wildman–Crippen LogP) is 3.30. The Bertz CT molecular complexity index is 2810. The summed E-state index contributed by atoms with van der Waals surface area (Å²) in [4.78, 5) is 129. The third-order valence-corrected chi connectivity index (χ3v) is 13.3. The maximum absolute atomic E-state index is 12.8. The molecule has 3 aliphatic carbocycles. The smallest absolute Gasteiger partial charge is 0.408 e. The van der Waals surface area contributed by atoms with E-state index in [1.165, 1.54) is 18.2 Å². The van der Waals surface area contributed by atoms with Crippen molar-refractivity contribution < 1.29 is 81.5 Å². The molecule has 1 unspecified atom stereocenters. The van der Waals surface area contributed by atoms with E-state index in [0.717, 1.165) is 56.1 Å². The van der Waals surface area contributed by atoms with Crippen molar-refractivity contribution in [3.63, 3.8) is 0 Å². The fourth-order valence-electron chi connectivity index (χ4n) is 7.96. The molecule has 3 fully saturated rings. The lowest BCUT2D eigenvalue weighted by Gasteiger charge is -2.22. The van der Waals surface area contributed by atoms with Gasteiger partial charge in [0.15, 0.2) is 19.3 Å². The van der Waals surface area contributed by atoms with Crippen LogP contribution in [0.2, 0.25) is 0 Å². The first kappa shape index (κ1) is 82.3. The number of hydrogen-bond acceptors (Lipinski definition) is 19. The normalized spacial score (nSPS) is 13.8. The second kappa shape index (κ2) is 48.9. The molecule has 0 aromatic heterocycles. The highest BCUT2D eigenvalue weighted by Gasteiger charge is 2.34. The molecule has 15 N–H and O–H groups in total. The largest absolute Gasteiger partial charge is 0.484 e. The monoisotopic (exact) mass is 1350 g/mol. The Morgan fingerprint density at radius 1 is 0.542 bits per heavy atom. The summed E-state index contributed by atoms with van der Waals surface area (Å²) in [5.41, 5.74) is 6.34. The number of carbonyl (C=O) groups excluding carboxylic acids is 11. The molecular formula is C65H100N14O17. The van der Waals surface area contributed by atoms with Crippen LogP contribution in [0.5, 0.6) is 11.5 Å². The minimum Gasteiger partial charge on any atom is -0.484 e. The van der Waals surface area contributed by atoms with E-state index in [-0.39, 0.29) is 68.7 Å². The summed E-state index contributed by atoms with van der Waals surface area (Å²) in [7, 11) is 0. The number of alkyl carbamates (subject to hydrolysis) is 3. The number of urea groups is 2. The summed E-state index contributed by atoms with van der Waals surface area (Å²) < 4.78 is 25.2. The van der Waals surface area contributed by atoms with Gasteiger partial charge in [0.1, 0.15) is 43.1 Å². The molecule has 0 spiro atoms. The summed E-state index contributed by atoms with van der Waals surface area (Å²) >= 11 is 0. The Hall–Kier alpha value is -9.78. The molecular weight excluding hydrogens is 1250 g/mol. The molecule has 0 aliphatic heterocycles. The van der Waals surface area contributed by atoms with Crippen molar-refractivity contribution in [3.05, 3.63) is 97.6 Å². The van der Waals surface area contributed by atoms with Crippen LogP contribution in [0.4, 0.5) is 24.0 Å². The first-order valence-corrected chi connectivity index (χ1v) is 32.3. The predicted molar refractivity (Wildman–Crippen MR) is 358 cm³/mol. The van der Waals surface area contributed by atoms with Crippen LogP contribution in [0.25, 0.3) is 0 Å². The van der Waals surface area contributed by atoms with Gasteiger partial charge in [-0.1, -0.05) is 102 Å². The van der Waals surface area contributed by atoms with E-state index in [0.29, 0.717) is 82.6 Å². The van der Waals surface area contributed by atoms with E-state index in [1.54, 1.807) is 24.3 Å². The standard InChI is InChI=1S/C26H38N6O6.C13H20N4O3.C13H22N2O4.C13H20N2O4/c1-4-7-21(30-26(36)37-16-5-2)23(24(34)29-19-10-11-19)31-32-25(35)28-15-14-18-8-12-20(13-9-18)38-17-22(33)27-6-3;1-2-15-12(18)9-20-11-5-3-10(4-6-11)7-8-16-13(19)17-14;2*1-3-5-10(15-13(18)19-8-4-2)11(16)12(17)14-9-6-7-9/h5,8-9,12-13,19,21H,2,4,6-7,10-11,14-17H2,1,3H3,(H,27,33)(H,29,34)(H,30,36)(H2,28,32,35);3-6H,2,7-9,14H2,1H3,(H,15,18)(H2,16,17,19);4,9-11,16H,2-3,5-8H2,1H3,(H,14,17)(H,15,18);4,9-10H,2-3,5-8H2,1H3,(H,14,17)(H,15,18)/b31-23+;;;/t21-;;10-,11?;10-/m0.00/s1. The molecule has 3 saturated carbocycles. The number of carbonyl (C=O) groups is 11. The average molecular weight is 1350 g/mol. The second-order valence-electron chi connectivity index (χ2n) is 21.8. The Labute approximate surface area is 561 Å². The lowest BCUT2D eigenvalue weighted by Crippen LogP contribution is -2.51. The fraction of sp³-hybridized carbons (Fsp3) is 0.538. The van der Waals surface area contributed by atoms with Crippen molar-refractivity contribution in [2.24, 2.45) is 10.9 Å². The highest BCUT2D eigenvalue weighted by Crippen LogP contribution is 2.21. The number of aliphatic hydroxyl groups excluding tert-OH is 1. The van der Waals surface area contributed by atoms with Crippen LogP contribution in [0, 0.1) is 0 Å². The van der Waals surface area contributed by atoms with Crippen LogP contribution in [-0.4, -0.2) is 178 Å². The number of hydrogen-bond donors (Lipinski definition) is 14. The van der Waals surface area contributed by atoms with Crippen molar-refractivity contribution >= 4 is 71.4 Å². The first-order chi connectivity index (χ1) is 46.2. The topological polar surface area (TPSA) is 437 Å². The van der Waals surface area contributed by atoms with Crippen LogP contribution in [0.3, 0.4) is 0 Å². The number of benzene rings is 2. The van der Waals surface area contributed by atoms with Crippen LogP contribution >= 0.6 is 0 Å². The number of aliphatic hydroxyl groups is 1. The van der Waals surface area contributed by atoms with E-state index in [2.05, 4.69) is 83.4 Å². The molecule has 0 bridgehead atoms. The maximum atomic E-state index is 12.8. The summed E-state index contributed by atoms with van der Waals surface area (Å²) in [6, 6.07) is 11.7. The van der Waals surface area contributed by atoms with Crippen LogP contribution in [0.1, 0.15) is 123 Å². The Morgan fingerprint density at radius 3 is 1.36 bits per heavy atom. The van der Waals surface area contributed by atoms with Crippen molar-refractivity contribution in [1.29, 1.82) is 0 Å². The highest BCUT2D eigenvalue weighted by atomic mass is 16.6. The molecule has 3 aliphatic rings. The first-order valence-electron chi connectivity index (χ1n) is 32.3. The number of ketones is 1. The van der Waals surface area contributed by atoms with Gasteiger partial charge in [0.25, 0.3) is 29.5 Å². The molecule has 532 valence electrons. The van der Waals surface area contributed by atoms with E-state index in [9.17, 15) is 57.8 Å². The van der Waals surface area contributed by atoms with Gasteiger partial charge in [0.2, 0.25) is 5.78 Å². The zero-order chi connectivity index (χ0) is 71.0. The number of nitrogens with two attached hydrogens (primary N) is 1. The second-order valence-corrected chi connectivity index (χ2v) is 21.8. The molecule has 96 heavy (non-hydrogen) atoms. The summed E-state index contributed by atoms with van der Waals surface area (Å²) in [6.45, 7) is 21.8. The molecule has 0 saturated heterocycles. The third-order valence-electron chi connectivity index (χ3n) is 13.3. The number of Topliss-reactive ketones (excluding diaryl/α,β-unsaturated/α-hetero) is 1. The van der Waals surface area contributed by atoms with Gasteiger partial charge in [-0.05, 0) is 120 Å². The Kier molecular flexibility index (Phi) is 41.9. The van der Waals surface area contributed by atoms with E-state index >= 15 is 0 Å². The van der Waals surface area contributed by atoms with Gasteiger partial charge in [-0.15, -0.1) is 0 Å². The molecule has 31 nitrogen and oxygen atoms in total. The molecule has 4 atom stereocenters. The maximum Gasteiger partial charge on any atom is 0.408 e. The number of amides is 12. The average Bonchev–Trinajstić information content (AvgIpc) is 1.80. The van der Waals surface area contributed by atoms with Crippen molar-refractivity contribution in [3.8, 4) is 11.5 Å². The zero-order valence-corrected chi connectivity index (χ0v) is 55.8. The zero-order valence-electron chi connectivity index (χ0n) is 55.8. The Balaban J connectivity index is 0.000000462. The minimum absolute atomic E-state index is 0.00537. The lowest BCUT2D eigenvalue weighted by atomic mass is 10.1. The van der Waals surface area contributed by atoms with Gasteiger partial charge in [0.05, 0.1) is 12.1 Å². The van der Waals surface area contributed by atoms with Gasteiger partial charge >= 0.3 is 30.3 Å². The number of rotatable bonds is 39. The van der Waals surface area contributed by atoms with E-state index in [4.69, 9.17) is 29.5 Å². The Morgan fingerprint density at radius 2 is 0.948 bits per heavy atom. The lowest BCUT2D eigenvalue weighted by molar-refractivity contribution is -0.139. The van der Waals surface area contributed by atoms with Crippen molar-refractivity contribution in [2.45, 2.75) is 167 Å². The molecule has 0 heterocycles. The van der Waals surface area contributed by atoms with Gasteiger partial charge in [-0.3, -0.25) is 34.2 Å². The number of likely N-dealkylation sites (N-methyl/N-ethyl adjacent to an activating group) is 2.